The second kappa shape index (κ2) is 32.9. The van der Waals surface area contributed by atoms with Gasteiger partial charge in [0.2, 0.25) is 11.6 Å². The molecule has 0 fully saturated rings. The van der Waals surface area contributed by atoms with Crippen LogP contribution in [0, 0.1) is 34.6 Å². The van der Waals surface area contributed by atoms with Gasteiger partial charge in [-0.1, -0.05) is 112 Å². The summed E-state index contributed by atoms with van der Waals surface area (Å²) in [6.07, 6.45) is 21.0. The lowest BCUT2D eigenvalue weighted by Crippen LogP contribution is -2.40. The van der Waals surface area contributed by atoms with Crippen LogP contribution in [0.2, 0.25) is 0 Å². The molecule has 3 aromatic heterocycles. The maximum absolute atomic E-state index is 13.3. The summed E-state index contributed by atoms with van der Waals surface area (Å²) in [5.74, 6) is 3.97. The average Bonchev–Trinajstić information content (AvgIpc) is 3.35. The molecular weight excluding hydrogens is 1030 g/mol. The number of benzene rings is 2. The summed E-state index contributed by atoms with van der Waals surface area (Å²) in [5.41, 5.74) is 4.69. The Morgan fingerprint density at radius 3 is 1.23 bits per heavy atom. The van der Waals surface area contributed by atoms with E-state index in [1.807, 2.05) is 44.3 Å². The van der Waals surface area contributed by atoms with Crippen LogP contribution in [0.1, 0.15) is 144 Å². The summed E-state index contributed by atoms with van der Waals surface area (Å²) in [6.45, 7) is 12.9. The molecule has 2 N–H and O–H groups in total. The standard InChI is InChI=1S/C41H66N8O2S2.2C7H8O3S/c1-33-30-36-42-24-18-12-10-8-6-7-9-11-13-19-25-43-37-31-34(2)47(5)40(45-37)53-29-23-17-15-21-27-49-38(50)32-35(3)48(41(49)51)26-20-14-16-22-28-52-39(44-36)46(33)4;2*1-6-2-4-7(5-3-6)11(8,9)10/h30-32H,6-29H2,1-5H3;2*2-5H,1H3,(H,8,9,10). The van der Waals surface area contributed by atoms with Crippen molar-refractivity contribution in [3.8, 4) is 0 Å². The van der Waals surface area contributed by atoms with Crippen LogP contribution < -0.4 is 31.0 Å². The molecule has 1 aliphatic rings. The lowest BCUT2D eigenvalue weighted by atomic mass is 10.1. The number of hydrogen-bond acceptors (Lipinski definition) is 14. The van der Waals surface area contributed by atoms with E-state index < -0.39 is 20.2 Å². The summed E-state index contributed by atoms with van der Waals surface area (Å²) < 4.78 is 69.9. The molecule has 0 amide bonds. The molecule has 4 heterocycles. The Kier molecular flexibility index (Phi) is 27.6. The van der Waals surface area contributed by atoms with Crippen molar-refractivity contribution in [2.45, 2.75) is 183 Å². The second-order valence-electron chi connectivity index (χ2n) is 19.4. The Hall–Kier alpha value is -4.60. The monoisotopic (exact) mass is 1110 g/mol. The highest BCUT2D eigenvalue weighted by Gasteiger charge is 2.18. The van der Waals surface area contributed by atoms with Crippen LogP contribution >= 0.6 is 23.5 Å². The number of hydrogen-bond donors (Lipinski definition) is 2. The lowest BCUT2D eigenvalue weighted by Gasteiger charge is -2.13. The molecule has 1 aliphatic heterocycles. The highest BCUT2D eigenvalue weighted by molar-refractivity contribution is 7.99. The highest BCUT2D eigenvalue weighted by Crippen LogP contribution is 2.20. The van der Waals surface area contributed by atoms with E-state index in [2.05, 4.69) is 59.8 Å². The van der Waals surface area contributed by atoms with Crippen LogP contribution in [-0.2, 0) is 47.4 Å². The fourth-order valence-corrected chi connectivity index (χ4v) is 11.2. The van der Waals surface area contributed by atoms with Crippen molar-refractivity contribution in [3.05, 3.63) is 116 Å². The van der Waals surface area contributed by atoms with Crippen LogP contribution in [-0.4, -0.2) is 69.6 Å². The lowest BCUT2D eigenvalue weighted by molar-refractivity contribution is -0.718. The quantitative estimate of drug-likeness (QED) is 0.0956. The van der Waals surface area contributed by atoms with Crippen LogP contribution in [0.3, 0.4) is 0 Å². The number of aryl methyl sites for hydroxylation is 5. The molecule has 0 saturated heterocycles. The predicted octanol–water partition coefficient (Wildman–Crippen LogP) is 9.62. The maximum Gasteiger partial charge on any atom is 0.361 e. The zero-order chi connectivity index (χ0) is 54.8. The minimum Gasteiger partial charge on any atom is -0.744 e. The van der Waals surface area contributed by atoms with Crippen LogP contribution in [0.25, 0.3) is 0 Å². The number of anilines is 2. The molecule has 2 aromatic carbocycles. The van der Waals surface area contributed by atoms with Gasteiger partial charge in [0, 0.05) is 61.6 Å². The Morgan fingerprint density at radius 1 is 0.493 bits per heavy atom. The summed E-state index contributed by atoms with van der Waals surface area (Å²) >= 11 is 3.64. The van der Waals surface area contributed by atoms with Gasteiger partial charge in [-0.2, -0.15) is 0 Å². The van der Waals surface area contributed by atoms with Gasteiger partial charge in [-0.05, 0) is 131 Å². The summed E-state index contributed by atoms with van der Waals surface area (Å²) in [6, 6.07) is 17.5. The molecule has 16 nitrogen and oxygen atoms in total. The third-order valence-electron chi connectivity index (χ3n) is 13.1. The first-order valence-electron chi connectivity index (χ1n) is 26.6. The number of nitrogens with zero attached hydrogens (tertiary/aromatic N) is 6. The molecule has 0 radical (unpaired) electrons. The van der Waals surface area contributed by atoms with E-state index in [-0.39, 0.29) is 21.0 Å². The van der Waals surface area contributed by atoms with Gasteiger partial charge >= 0.3 is 16.0 Å². The molecule has 414 valence electrons. The maximum atomic E-state index is 13.3. The van der Waals surface area contributed by atoms with Crippen molar-refractivity contribution in [2.24, 2.45) is 14.1 Å². The Morgan fingerprint density at radius 2 is 0.840 bits per heavy atom. The molecule has 20 heteroatoms. The van der Waals surface area contributed by atoms with Gasteiger partial charge < -0.3 is 19.7 Å². The SMILES string of the molecule is Cc1cc(=O)n2c(=O)n1CCCCCCSc1nc(cc(C)[n+]1C)NCCCCCCCCCCCCNc1cc(C)[n+](C)c(n1)SCCCCCC2.Cc1ccc(S(=O)(=O)[O-])cc1.Cc1ccc(S(=O)(=O)[O-])cc1. The van der Waals surface area contributed by atoms with E-state index in [0.717, 1.165) is 115 Å². The zero-order valence-electron chi connectivity index (χ0n) is 45.4. The fourth-order valence-electron chi connectivity index (χ4n) is 8.24. The summed E-state index contributed by atoms with van der Waals surface area (Å²) in [4.78, 5) is 35.6. The van der Waals surface area contributed by atoms with Crippen molar-refractivity contribution in [1.82, 2.24) is 19.1 Å². The van der Waals surface area contributed by atoms with Gasteiger partial charge in [-0.3, -0.25) is 13.9 Å². The smallest absolute Gasteiger partial charge is 0.361 e. The van der Waals surface area contributed by atoms with Crippen LogP contribution in [0.15, 0.2) is 96.4 Å². The van der Waals surface area contributed by atoms with E-state index >= 15 is 0 Å². The molecule has 0 unspecified atom stereocenters. The van der Waals surface area contributed by atoms with E-state index in [0.29, 0.717) is 13.1 Å². The Bertz CT molecular complexity index is 2810. The highest BCUT2D eigenvalue weighted by atomic mass is 32.2. The first-order valence-corrected chi connectivity index (χ1v) is 31.4. The van der Waals surface area contributed by atoms with Gasteiger partial charge in [-0.25, -0.2) is 30.8 Å². The third kappa shape index (κ3) is 23.3. The third-order valence-corrected chi connectivity index (χ3v) is 17.0. The van der Waals surface area contributed by atoms with Gasteiger partial charge in [0.1, 0.15) is 31.6 Å². The summed E-state index contributed by atoms with van der Waals surface area (Å²) in [7, 11) is -4.35. The number of thioether (sulfide) groups is 2. The van der Waals surface area contributed by atoms with Crippen molar-refractivity contribution >= 4 is 55.4 Å². The minimum atomic E-state index is -4.27. The van der Waals surface area contributed by atoms with E-state index in [9.17, 15) is 35.5 Å². The van der Waals surface area contributed by atoms with Crippen LogP contribution in [0.4, 0.5) is 11.6 Å². The zero-order valence-corrected chi connectivity index (χ0v) is 48.7. The first-order chi connectivity index (χ1) is 35.7. The molecule has 0 saturated carbocycles. The van der Waals surface area contributed by atoms with Crippen molar-refractivity contribution in [1.29, 1.82) is 0 Å². The molecule has 5 aromatic rings. The minimum absolute atomic E-state index is 0.162. The average molecular weight is 1110 g/mol. The number of fused-ring (bicyclic) bond motifs is 6. The van der Waals surface area contributed by atoms with E-state index in [1.54, 1.807) is 34.9 Å². The molecular formula is C55H82N8O8S4. The van der Waals surface area contributed by atoms with E-state index in [4.69, 9.17) is 9.97 Å². The first kappa shape index (κ1) is 62.9. The van der Waals surface area contributed by atoms with Crippen LogP contribution in [0.5, 0.6) is 0 Å². The number of rotatable bonds is 2. The van der Waals surface area contributed by atoms with Gasteiger partial charge in [0.05, 0.1) is 23.9 Å². The predicted molar refractivity (Wildman–Crippen MR) is 300 cm³/mol. The molecule has 0 spiro atoms. The second-order valence-corrected chi connectivity index (χ2v) is 24.3. The van der Waals surface area contributed by atoms with Gasteiger partial charge in [0.15, 0.2) is 0 Å². The number of nitrogens with one attached hydrogen (secondary N) is 2. The Balaban J connectivity index is 0.000000451. The number of aromatic nitrogens is 6. The fraction of sp³-hybridized carbons (Fsp3) is 0.564. The molecule has 0 atom stereocenters. The largest absolute Gasteiger partial charge is 0.744 e. The van der Waals surface area contributed by atoms with Crippen molar-refractivity contribution in [3.63, 3.8) is 0 Å². The topological polar surface area (TPSA) is 216 Å². The molecule has 0 aliphatic carbocycles. The Labute approximate surface area is 455 Å². The summed E-state index contributed by atoms with van der Waals surface area (Å²) in [5, 5.41) is 9.25. The van der Waals surface area contributed by atoms with E-state index in [1.165, 1.54) is 104 Å². The molecule has 6 rings (SSSR count). The normalized spacial score (nSPS) is 16.0. The molecule has 6 bridgehead atoms. The van der Waals surface area contributed by atoms with Gasteiger partial charge in [-0.15, -0.1) is 0 Å². The van der Waals surface area contributed by atoms with Crippen molar-refractivity contribution < 1.29 is 35.1 Å². The van der Waals surface area contributed by atoms with Crippen molar-refractivity contribution in [2.75, 3.05) is 35.2 Å². The molecule has 75 heavy (non-hydrogen) atoms. The van der Waals surface area contributed by atoms with Gasteiger partial charge in [0.25, 0.3) is 5.56 Å².